The van der Waals surface area contributed by atoms with E-state index < -0.39 is 11.7 Å². The first-order valence-corrected chi connectivity index (χ1v) is 7.64. The molecule has 2 nitrogen and oxygen atoms in total. The second kappa shape index (κ2) is 10.5. The van der Waals surface area contributed by atoms with Crippen molar-refractivity contribution in [3.05, 3.63) is 59.7 Å². The van der Waals surface area contributed by atoms with E-state index in [0.29, 0.717) is 35.3 Å². The second-order valence-corrected chi connectivity index (χ2v) is 4.45. The Morgan fingerprint density at radius 3 is 2.33 bits per heavy atom. The van der Waals surface area contributed by atoms with Crippen LogP contribution in [0.1, 0.15) is 43.6 Å². The Morgan fingerprint density at radius 1 is 1.25 bits per heavy atom. The Hall–Kier alpha value is -2.30. The number of allylic oxidation sites excluding steroid dienone is 5. The van der Waals surface area contributed by atoms with E-state index in [4.69, 9.17) is 4.74 Å². The fourth-order valence-corrected chi connectivity index (χ4v) is 1.76. The average Bonchev–Trinajstić information content (AvgIpc) is 2.57. The molecule has 0 atom stereocenters. The van der Waals surface area contributed by atoms with Gasteiger partial charge in [0, 0.05) is 11.1 Å². The molecule has 1 rings (SSSR count). The minimum atomic E-state index is -4.38. The Balaban J connectivity index is 0.00000254. The summed E-state index contributed by atoms with van der Waals surface area (Å²) >= 11 is 0. The zero-order valence-corrected chi connectivity index (χ0v) is 14.4. The first-order valence-electron chi connectivity index (χ1n) is 7.64. The number of alkyl halides is 3. The summed E-state index contributed by atoms with van der Waals surface area (Å²) in [4.78, 5) is 11.1. The lowest BCUT2D eigenvalue weighted by molar-refractivity contribution is -0.0912. The lowest BCUT2D eigenvalue weighted by atomic mass is 10.0. The van der Waals surface area contributed by atoms with Gasteiger partial charge in [0.1, 0.15) is 5.75 Å². The van der Waals surface area contributed by atoms with E-state index in [0.717, 1.165) is 13.0 Å². The van der Waals surface area contributed by atoms with Crippen LogP contribution in [0.2, 0.25) is 0 Å². The molecule has 0 radical (unpaired) electrons. The van der Waals surface area contributed by atoms with E-state index >= 15 is 0 Å². The molecule has 24 heavy (non-hydrogen) atoms. The summed E-state index contributed by atoms with van der Waals surface area (Å²) in [5.74, 6) is 0.337. The van der Waals surface area contributed by atoms with Gasteiger partial charge >= 0.3 is 6.18 Å². The number of halogens is 3. The monoisotopic (exact) mass is 340 g/mol. The number of para-hydroxylation sites is 1. The van der Waals surface area contributed by atoms with Crippen LogP contribution in [0.15, 0.2) is 48.6 Å². The quantitative estimate of drug-likeness (QED) is 0.469. The van der Waals surface area contributed by atoms with Gasteiger partial charge in [0.25, 0.3) is 0 Å². The summed E-state index contributed by atoms with van der Waals surface area (Å²) in [6.45, 7) is 10.7. The van der Waals surface area contributed by atoms with E-state index in [1.54, 1.807) is 25.1 Å². The molecule has 0 amide bonds. The van der Waals surface area contributed by atoms with Gasteiger partial charge in [0.05, 0.1) is 12.2 Å². The summed E-state index contributed by atoms with van der Waals surface area (Å²) < 4.78 is 43.0. The van der Waals surface area contributed by atoms with Gasteiger partial charge in [-0.1, -0.05) is 50.8 Å². The molecule has 0 spiro atoms. The largest absolute Gasteiger partial charge is 0.492 e. The molecular formula is C19H23F3O2. The highest BCUT2D eigenvalue weighted by molar-refractivity contribution is 5.87. The number of hydrogen-bond donors (Lipinski definition) is 0. The summed E-state index contributed by atoms with van der Waals surface area (Å²) in [6, 6.07) is 4.89. The Labute approximate surface area is 141 Å². The van der Waals surface area contributed by atoms with Crippen LogP contribution in [0.25, 0.3) is 5.57 Å². The van der Waals surface area contributed by atoms with Crippen LogP contribution >= 0.6 is 0 Å². The smallest absolute Gasteiger partial charge is 0.412 e. The van der Waals surface area contributed by atoms with E-state index in [-0.39, 0.29) is 0 Å². The van der Waals surface area contributed by atoms with Crippen LogP contribution in [-0.4, -0.2) is 19.1 Å². The van der Waals surface area contributed by atoms with E-state index in [9.17, 15) is 18.0 Å². The molecule has 5 heteroatoms. The molecule has 1 aromatic carbocycles. The fraction of sp³-hybridized carbons (Fsp3) is 0.316. The Bertz CT molecular complexity index is 612. The van der Waals surface area contributed by atoms with Gasteiger partial charge in [-0.3, -0.25) is 4.79 Å². The number of hydrogen-bond acceptors (Lipinski definition) is 2. The highest BCUT2D eigenvalue weighted by atomic mass is 19.4. The van der Waals surface area contributed by atoms with Crippen LogP contribution in [0.5, 0.6) is 5.75 Å². The maximum Gasteiger partial charge on any atom is 0.412 e. The van der Waals surface area contributed by atoms with Gasteiger partial charge in [-0.2, -0.15) is 13.2 Å². The molecule has 0 N–H and O–H groups in total. The number of carbonyl (C=O) groups excluding carboxylic acids is 1. The van der Waals surface area contributed by atoms with E-state index in [2.05, 4.69) is 6.58 Å². The lowest BCUT2D eigenvalue weighted by Crippen LogP contribution is -2.08. The lowest BCUT2D eigenvalue weighted by Gasteiger charge is -2.13. The van der Waals surface area contributed by atoms with Crippen molar-refractivity contribution in [1.82, 2.24) is 0 Å². The molecule has 0 bridgehead atoms. The van der Waals surface area contributed by atoms with Crippen molar-refractivity contribution < 1.29 is 22.7 Å². The molecule has 0 heterocycles. The van der Waals surface area contributed by atoms with Gasteiger partial charge < -0.3 is 4.74 Å². The van der Waals surface area contributed by atoms with Crippen LogP contribution in [0.3, 0.4) is 0 Å². The second-order valence-electron chi connectivity index (χ2n) is 4.45. The molecule has 132 valence electrons. The maximum atomic E-state index is 12.5. The van der Waals surface area contributed by atoms with Crippen molar-refractivity contribution in [2.75, 3.05) is 6.61 Å². The highest BCUT2D eigenvalue weighted by Crippen LogP contribution is 2.31. The Kier molecular flexibility index (Phi) is 9.47. The number of carbonyl (C=O) groups is 1. The van der Waals surface area contributed by atoms with E-state index in [1.165, 1.54) is 12.2 Å². The maximum absolute atomic E-state index is 12.5. The average molecular weight is 340 g/mol. The summed E-state index contributed by atoms with van der Waals surface area (Å²) in [5.41, 5.74) is 0.573. The van der Waals surface area contributed by atoms with Crippen molar-refractivity contribution in [2.24, 2.45) is 0 Å². The molecular weight excluding hydrogens is 317 g/mol. The zero-order valence-electron chi connectivity index (χ0n) is 14.4. The van der Waals surface area contributed by atoms with Gasteiger partial charge in [-0.05, 0) is 25.5 Å². The third-order valence-corrected chi connectivity index (χ3v) is 2.95. The van der Waals surface area contributed by atoms with Crippen molar-refractivity contribution >= 4 is 11.9 Å². The first-order chi connectivity index (χ1) is 11.3. The minimum absolute atomic E-state index is 0.333. The van der Waals surface area contributed by atoms with Crippen molar-refractivity contribution in [1.29, 1.82) is 0 Å². The third-order valence-electron chi connectivity index (χ3n) is 2.95. The number of ether oxygens (including phenoxy) is 1. The van der Waals surface area contributed by atoms with E-state index in [1.807, 2.05) is 13.8 Å². The summed E-state index contributed by atoms with van der Waals surface area (Å²) in [6.07, 6.45) is -0.0304. The third kappa shape index (κ3) is 6.07. The van der Waals surface area contributed by atoms with Gasteiger partial charge in [-0.25, -0.2) is 0 Å². The predicted molar refractivity (Wildman–Crippen MR) is 92.3 cm³/mol. The molecule has 0 saturated carbocycles. The molecule has 0 fully saturated rings. The molecule has 0 aromatic heterocycles. The highest BCUT2D eigenvalue weighted by Gasteiger charge is 2.29. The topological polar surface area (TPSA) is 26.3 Å². The van der Waals surface area contributed by atoms with Crippen LogP contribution in [0.4, 0.5) is 13.2 Å². The van der Waals surface area contributed by atoms with Crippen molar-refractivity contribution in [2.45, 2.75) is 33.9 Å². The Morgan fingerprint density at radius 2 is 1.88 bits per heavy atom. The number of aldehydes is 1. The van der Waals surface area contributed by atoms with Crippen molar-refractivity contribution in [3.63, 3.8) is 0 Å². The molecule has 0 saturated heterocycles. The first kappa shape index (κ1) is 21.7. The van der Waals surface area contributed by atoms with Crippen LogP contribution in [-0.2, 0) is 0 Å². The molecule has 1 aromatic rings. The van der Waals surface area contributed by atoms with Gasteiger partial charge in [0.2, 0.25) is 0 Å². The van der Waals surface area contributed by atoms with Gasteiger partial charge in [0.15, 0.2) is 6.29 Å². The molecule has 0 aliphatic carbocycles. The fourth-order valence-electron chi connectivity index (χ4n) is 1.76. The zero-order chi connectivity index (χ0) is 18.8. The summed E-state index contributed by atoms with van der Waals surface area (Å²) in [5, 5.41) is 0. The van der Waals surface area contributed by atoms with Crippen LogP contribution < -0.4 is 4.74 Å². The standard InChI is InChI=1S/C17H17F3O2.C2H6/c1-4-13(10-9-12(3)17(18,19)20)15-8-6-7-14(11-21)16(15)22-5-2;1-2/h4,6-11H,1,5H2,2-3H3;1-2H3/b12-9+,13-10+;. The van der Waals surface area contributed by atoms with Crippen molar-refractivity contribution in [3.8, 4) is 5.75 Å². The predicted octanol–water partition coefficient (Wildman–Crippen LogP) is 6.00. The molecule has 0 aliphatic heterocycles. The molecule has 0 aliphatic rings. The number of benzene rings is 1. The SMILES string of the molecule is C=C/C(=C\C=C(/C)C(F)(F)F)c1cccc(C=O)c1OCC.CC. The normalized spacial score (nSPS) is 12.1. The number of rotatable bonds is 6. The molecule has 0 unspecified atom stereocenters. The van der Waals surface area contributed by atoms with Crippen LogP contribution in [0, 0.1) is 0 Å². The minimum Gasteiger partial charge on any atom is -0.492 e. The summed E-state index contributed by atoms with van der Waals surface area (Å²) in [7, 11) is 0. The van der Waals surface area contributed by atoms with Gasteiger partial charge in [-0.15, -0.1) is 0 Å².